The summed E-state index contributed by atoms with van der Waals surface area (Å²) < 4.78 is 37.8. The lowest BCUT2D eigenvalue weighted by Gasteiger charge is -2.34. The van der Waals surface area contributed by atoms with E-state index in [1.54, 1.807) is 11.7 Å². The van der Waals surface area contributed by atoms with Crippen molar-refractivity contribution in [3.05, 3.63) is 142 Å². The van der Waals surface area contributed by atoms with Crippen molar-refractivity contribution in [1.29, 1.82) is 0 Å². The van der Waals surface area contributed by atoms with Gasteiger partial charge in [0.2, 0.25) is 5.88 Å². The van der Waals surface area contributed by atoms with Gasteiger partial charge in [-0.15, -0.1) is 0 Å². The van der Waals surface area contributed by atoms with E-state index in [4.69, 9.17) is 13.8 Å². The van der Waals surface area contributed by atoms with Crippen molar-refractivity contribution in [1.82, 2.24) is 19.4 Å². The number of urea groups is 1. The second-order valence-electron chi connectivity index (χ2n) is 15.1. The summed E-state index contributed by atoms with van der Waals surface area (Å²) in [4.78, 5) is 28.9. The van der Waals surface area contributed by atoms with Crippen molar-refractivity contribution in [3.63, 3.8) is 0 Å². The van der Waals surface area contributed by atoms with Crippen molar-refractivity contribution in [2.24, 2.45) is 4.36 Å². The van der Waals surface area contributed by atoms with Gasteiger partial charge in [-0.05, 0) is 85.4 Å². The molecule has 278 valence electrons. The van der Waals surface area contributed by atoms with Gasteiger partial charge in [0.1, 0.15) is 22.6 Å². The minimum atomic E-state index is -3.93. The van der Waals surface area contributed by atoms with E-state index >= 15 is 4.21 Å². The van der Waals surface area contributed by atoms with E-state index in [0.717, 1.165) is 59.2 Å². The molecule has 2 atom stereocenters. The molecule has 0 radical (unpaired) electrons. The summed E-state index contributed by atoms with van der Waals surface area (Å²) in [6.07, 6.45) is 4.66. The molecule has 2 N–H and O–H groups in total. The lowest BCUT2D eigenvalue weighted by Crippen LogP contribution is -2.48. The average Bonchev–Trinajstić information content (AvgIpc) is 3.57. The maximum Gasteiger partial charge on any atom is 0.410 e. The van der Waals surface area contributed by atoms with Crippen LogP contribution in [0.15, 0.2) is 113 Å². The molecular weight excluding hydrogens is 701 g/mol. The number of amides is 3. The van der Waals surface area contributed by atoms with Crippen molar-refractivity contribution in [3.8, 4) is 5.88 Å². The number of aryl methyl sites for hydroxylation is 2. The van der Waals surface area contributed by atoms with Gasteiger partial charge in [-0.2, -0.15) is 9.46 Å². The first-order valence-electron chi connectivity index (χ1n) is 18.3. The van der Waals surface area contributed by atoms with Crippen LogP contribution in [0.4, 0.5) is 15.3 Å². The third-order valence-electron chi connectivity index (χ3n) is 10.4. The Kier molecular flexibility index (Phi) is 8.96. The fourth-order valence-corrected chi connectivity index (χ4v) is 9.32. The Morgan fingerprint density at radius 1 is 0.870 bits per heavy atom. The maximum absolute atomic E-state index is 16.1. The molecule has 54 heavy (non-hydrogen) atoms. The molecule has 1 aromatic heterocycles. The number of hydrogen-bond donors (Lipinski definition) is 2. The third-order valence-corrected chi connectivity index (χ3v) is 12.3. The van der Waals surface area contributed by atoms with Gasteiger partial charge in [0.15, 0.2) is 9.92 Å². The highest BCUT2D eigenvalue weighted by molar-refractivity contribution is 7.92. The number of carbonyl (C=O) groups excluding carboxylic acids is 2. The Morgan fingerprint density at radius 2 is 1.41 bits per heavy atom. The van der Waals surface area contributed by atoms with Gasteiger partial charge in [-0.3, -0.25) is 0 Å². The van der Waals surface area contributed by atoms with Gasteiger partial charge in [-0.25, -0.2) is 23.2 Å². The molecule has 0 fully saturated rings. The fraction of sp³-hybridized carbons (Fsp3) is 0.310. The number of hydrogen-bond acceptors (Lipinski definition) is 7. The molecule has 1 aliphatic heterocycles. The van der Waals surface area contributed by atoms with Crippen LogP contribution in [0.1, 0.15) is 59.7 Å². The zero-order valence-electron chi connectivity index (χ0n) is 30.9. The Morgan fingerprint density at radius 3 is 1.89 bits per heavy atom. The summed E-state index contributed by atoms with van der Waals surface area (Å²) in [6, 6.07) is 30.2. The number of benzene rings is 4. The van der Waals surface area contributed by atoms with Gasteiger partial charge in [0, 0.05) is 12.7 Å². The zero-order chi connectivity index (χ0) is 37.7. The molecule has 4 aromatic carbocycles. The van der Waals surface area contributed by atoms with Crippen molar-refractivity contribution in [2.45, 2.75) is 75.1 Å². The fourth-order valence-electron chi connectivity index (χ4n) is 7.47. The monoisotopic (exact) mass is 744 g/mol. The van der Waals surface area contributed by atoms with Crippen molar-refractivity contribution in [2.75, 3.05) is 19.0 Å². The van der Waals surface area contributed by atoms with Crippen molar-refractivity contribution >= 4 is 27.7 Å². The topological polar surface area (TPSA) is 127 Å². The molecule has 12 heteroatoms. The molecule has 5 aromatic rings. The normalized spacial score (nSPS) is 16.8. The number of nitrogens with one attached hydrogen (secondary N) is 2. The third kappa shape index (κ3) is 6.38. The smallest absolute Gasteiger partial charge is 0.410 e. The molecule has 0 saturated carbocycles. The number of rotatable bonds is 8. The first-order chi connectivity index (χ1) is 25.9. The van der Waals surface area contributed by atoms with Gasteiger partial charge in [0.25, 0.3) is 0 Å². The van der Waals surface area contributed by atoms with Crippen LogP contribution in [0.5, 0.6) is 5.88 Å². The number of anilines is 1. The van der Waals surface area contributed by atoms with Crippen LogP contribution < -0.4 is 14.8 Å². The number of fused-ring (bicyclic) bond motifs is 3. The van der Waals surface area contributed by atoms with E-state index in [9.17, 15) is 9.59 Å². The highest BCUT2D eigenvalue weighted by Gasteiger charge is 2.41. The van der Waals surface area contributed by atoms with Crippen LogP contribution >= 0.6 is 0 Å². The highest BCUT2D eigenvalue weighted by Crippen LogP contribution is 2.44. The molecule has 0 bridgehead atoms. The SMILES string of the molecule is CN(C(=O)OC(C)(C)C)[C@@H]1COc2c(S(=O)(=NC(c3ccccc3)(c3ccccc3)c3ccccc3)NC(=O)Nc3c4c(cc5c3CC5)CC4)cnn2C1. The predicted molar refractivity (Wildman–Crippen MR) is 207 cm³/mol. The summed E-state index contributed by atoms with van der Waals surface area (Å²) in [5.41, 5.74) is 5.80. The quantitative estimate of drug-likeness (QED) is 0.161. The number of aromatic nitrogens is 2. The summed E-state index contributed by atoms with van der Waals surface area (Å²) in [5, 5.41) is 7.70. The molecule has 11 nitrogen and oxygen atoms in total. The van der Waals surface area contributed by atoms with Gasteiger partial charge in [-0.1, -0.05) is 97.1 Å². The number of likely N-dealkylation sites (N-methyl/N-ethyl adjacent to an activating group) is 1. The Bertz CT molecular complexity index is 2220. The largest absolute Gasteiger partial charge is 0.475 e. The van der Waals surface area contributed by atoms with E-state index < -0.39 is 39.2 Å². The number of carbonyl (C=O) groups is 2. The van der Waals surface area contributed by atoms with Crippen LogP contribution in [0.2, 0.25) is 0 Å². The van der Waals surface area contributed by atoms with Crippen LogP contribution in [0.25, 0.3) is 0 Å². The Balaban J connectivity index is 1.28. The molecular formula is C42H44N6O5S. The van der Waals surface area contributed by atoms with E-state index in [1.165, 1.54) is 22.2 Å². The van der Waals surface area contributed by atoms with Crippen LogP contribution in [0, 0.1) is 0 Å². The van der Waals surface area contributed by atoms with E-state index in [2.05, 4.69) is 21.2 Å². The number of ether oxygens (including phenoxy) is 2. The van der Waals surface area contributed by atoms with E-state index in [1.807, 2.05) is 112 Å². The molecule has 3 amide bonds. The minimum Gasteiger partial charge on any atom is -0.475 e. The first-order valence-corrected chi connectivity index (χ1v) is 19.8. The van der Waals surface area contributed by atoms with Gasteiger partial charge in [0.05, 0.1) is 18.8 Å². The summed E-state index contributed by atoms with van der Waals surface area (Å²) in [7, 11) is -2.27. The summed E-state index contributed by atoms with van der Waals surface area (Å²) in [6.45, 7) is 5.77. The second kappa shape index (κ2) is 13.7. The lowest BCUT2D eigenvalue weighted by molar-refractivity contribution is 0.0101. The van der Waals surface area contributed by atoms with Gasteiger partial charge < -0.3 is 19.7 Å². The molecule has 2 heterocycles. The average molecular weight is 745 g/mol. The zero-order valence-corrected chi connectivity index (χ0v) is 31.7. The number of nitrogens with zero attached hydrogens (tertiary/aromatic N) is 4. The van der Waals surface area contributed by atoms with Crippen LogP contribution in [-0.2, 0) is 52.4 Å². The lowest BCUT2D eigenvalue weighted by atomic mass is 9.76. The molecule has 0 saturated heterocycles. The predicted octanol–water partition coefficient (Wildman–Crippen LogP) is 7.26. The van der Waals surface area contributed by atoms with Gasteiger partial charge >= 0.3 is 12.1 Å². The molecule has 0 spiro atoms. The minimum absolute atomic E-state index is 0.0830. The van der Waals surface area contributed by atoms with E-state index in [-0.39, 0.29) is 23.9 Å². The van der Waals surface area contributed by atoms with Crippen LogP contribution in [-0.4, -0.2) is 56.3 Å². The molecule has 1 unspecified atom stereocenters. The Hall–Kier alpha value is -5.62. The van der Waals surface area contributed by atoms with E-state index in [0.29, 0.717) is 0 Å². The summed E-state index contributed by atoms with van der Waals surface area (Å²) >= 11 is 0. The molecule has 3 aliphatic rings. The van der Waals surface area contributed by atoms with Crippen molar-refractivity contribution < 1.29 is 23.3 Å². The summed E-state index contributed by atoms with van der Waals surface area (Å²) in [5.74, 6) is 0.203. The standard InChI is InChI=1S/C42H44N6O5S/c1-41(2,3)53-40(50)47(4)33-26-48-38(52-27-33)36(25-43-48)54(51,45-39(49)44-37-34-22-20-28(34)24-29-21-23-35(29)37)46-42(30-14-8-5-9-15-30,31-16-10-6-11-17-31)32-18-12-7-13-19-32/h5-19,24-25,33H,20-23,26-27H2,1-4H3,(H2,44,45,46,49,51)/t33-,54?/m0/s1. The van der Waals surface area contributed by atoms with Crippen LogP contribution in [0.3, 0.4) is 0 Å². The highest BCUT2D eigenvalue weighted by atomic mass is 32.2. The Labute approximate surface area is 316 Å². The maximum atomic E-state index is 16.1. The molecule has 2 aliphatic carbocycles. The second-order valence-corrected chi connectivity index (χ2v) is 16.9. The molecule has 8 rings (SSSR count). The first kappa shape index (κ1) is 35.4.